The molecule has 1 saturated heterocycles. The molecule has 1 aromatic heterocycles. The van der Waals surface area contributed by atoms with Crippen LogP contribution in [0.4, 0.5) is 0 Å². The van der Waals surface area contributed by atoms with Crippen LogP contribution in [0.15, 0.2) is 66.9 Å². The van der Waals surface area contributed by atoms with Gasteiger partial charge >= 0.3 is 0 Å². The second-order valence-corrected chi connectivity index (χ2v) is 9.01. The lowest BCUT2D eigenvalue weighted by atomic mass is 9.91. The summed E-state index contributed by atoms with van der Waals surface area (Å²) in [5.74, 6) is 0.0453. The molecular formula is C29H28N4O. The van der Waals surface area contributed by atoms with E-state index in [9.17, 15) is 10.1 Å². The van der Waals surface area contributed by atoms with Gasteiger partial charge in [0.15, 0.2) is 0 Å². The normalized spacial score (nSPS) is 14.3. The molecule has 0 radical (unpaired) electrons. The average Bonchev–Trinajstić information content (AvgIpc) is 3.31. The van der Waals surface area contributed by atoms with Gasteiger partial charge in [-0.3, -0.25) is 4.79 Å². The van der Waals surface area contributed by atoms with Crippen molar-refractivity contribution in [1.29, 1.82) is 5.26 Å². The molecule has 5 heteroatoms. The van der Waals surface area contributed by atoms with Crippen LogP contribution < -0.4 is 5.73 Å². The summed E-state index contributed by atoms with van der Waals surface area (Å²) in [6, 6.07) is 22.9. The van der Waals surface area contributed by atoms with Crippen molar-refractivity contribution in [2.75, 3.05) is 13.1 Å². The Hall–Kier alpha value is -3.88. The Bertz CT molecular complexity index is 1370. The zero-order valence-corrected chi connectivity index (χ0v) is 19.3. The van der Waals surface area contributed by atoms with E-state index in [1.165, 1.54) is 5.56 Å². The van der Waals surface area contributed by atoms with Crippen molar-refractivity contribution in [3.8, 4) is 28.3 Å². The zero-order valence-electron chi connectivity index (χ0n) is 19.3. The maximum Gasteiger partial charge on any atom is 0.256 e. The first-order chi connectivity index (χ1) is 16.6. The lowest BCUT2D eigenvalue weighted by Crippen LogP contribution is -2.42. The van der Waals surface area contributed by atoms with Crippen molar-refractivity contribution in [2.24, 2.45) is 5.73 Å². The van der Waals surface area contributed by atoms with Crippen LogP contribution in [0, 0.1) is 11.3 Å². The van der Waals surface area contributed by atoms with Gasteiger partial charge < -0.3 is 15.6 Å². The van der Waals surface area contributed by atoms with Crippen molar-refractivity contribution < 1.29 is 4.79 Å². The second-order valence-electron chi connectivity index (χ2n) is 9.01. The Morgan fingerprint density at radius 2 is 1.65 bits per heavy atom. The van der Waals surface area contributed by atoms with Gasteiger partial charge in [-0.1, -0.05) is 43.3 Å². The van der Waals surface area contributed by atoms with E-state index in [4.69, 9.17) is 5.73 Å². The molecule has 5 rings (SSSR count). The quantitative estimate of drug-likeness (QED) is 0.432. The monoisotopic (exact) mass is 448 g/mol. The van der Waals surface area contributed by atoms with E-state index < -0.39 is 0 Å². The molecule has 170 valence electrons. The summed E-state index contributed by atoms with van der Waals surface area (Å²) in [4.78, 5) is 18.6. The number of benzene rings is 3. The van der Waals surface area contributed by atoms with Gasteiger partial charge in [0.2, 0.25) is 0 Å². The number of H-pyrrole nitrogens is 1. The van der Waals surface area contributed by atoms with E-state index >= 15 is 0 Å². The van der Waals surface area contributed by atoms with Gasteiger partial charge in [0, 0.05) is 36.2 Å². The molecule has 3 N–H and O–H groups in total. The Morgan fingerprint density at radius 1 is 1.03 bits per heavy atom. The van der Waals surface area contributed by atoms with Gasteiger partial charge in [-0.2, -0.15) is 5.26 Å². The zero-order chi connectivity index (χ0) is 23.7. The maximum absolute atomic E-state index is 13.4. The largest absolute Gasteiger partial charge is 0.360 e. The number of carbonyl (C=O) groups excluding carboxylic acids is 1. The number of likely N-dealkylation sites (tertiary alicyclic amines) is 1. The van der Waals surface area contributed by atoms with Crippen LogP contribution in [0.1, 0.15) is 41.3 Å². The number of nitrogens with one attached hydrogen (secondary N) is 1. The van der Waals surface area contributed by atoms with Crippen LogP contribution in [0.25, 0.3) is 33.2 Å². The van der Waals surface area contributed by atoms with Gasteiger partial charge in [0.25, 0.3) is 5.91 Å². The van der Waals surface area contributed by atoms with Crippen LogP contribution in [-0.2, 0) is 6.42 Å². The Morgan fingerprint density at radius 3 is 2.26 bits per heavy atom. The van der Waals surface area contributed by atoms with E-state index in [0.29, 0.717) is 24.2 Å². The second kappa shape index (κ2) is 9.17. The van der Waals surface area contributed by atoms with Gasteiger partial charge in [-0.25, -0.2) is 0 Å². The molecule has 3 aromatic carbocycles. The molecule has 2 heterocycles. The summed E-state index contributed by atoms with van der Waals surface area (Å²) >= 11 is 0. The van der Waals surface area contributed by atoms with Gasteiger partial charge in [0.05, 0.1) is 17.2 Å². The number of hydrogen-bond acceptors (Lipinski definition) is 3. The predicted octanol–water partition coefficient (Wildman–Crippen LogP) is 5.50. The van der Waals surface area contributed by atoms with Crippen LogP contribution in [-0.4, -0.2) is 34.9 Å². The Balaban J connectivity index is 1.63. The van der Waals surface area contributed by atoms with Crippen molar-refractivity contribution in [1.82, 2.24) is 9.88 Å². The van der Waals surface area contributed by atoms with Crippen LogP contribution in [0.3, 0.4) is 0 Å². The number of amides is 1. The summed E-state index contributed by atoms with van der Waals surface area (Å²) in [6.45, 7) is 3.53. The van der Waals surface area contributed by atoms with Crippen molar-refractivity contribution in [2.45, 2.75) is 32.2 Å². The van der Waals surface area contributed by atoms with E-state index in [-0.39, 0.29) is 11.9 Å². The number of nitrogens with two attached hydrogens (primary N) is 1. The third kappa shape index (κ3) is 4.09. The fourth-order valence-corrected chi connectivity index (χ4v) is 4.74. The number of carbonyl (C=O) groups is 1. The highest BCUT2D eigenvalue weighted by atomic mass is 16.2. The molecule has 0 bridgehead atoms. The fraction of sp³-hybridized carbons (Fsp3) is 0.241. The standard InChI is InChI=1S/C29H28N4O/c1-2-19-3-7-22(8-4-19)25-16-28-26(15-24(25)21-9-5-20(17-30)6-10-21)27(18-32-28)29(34)33-13-11-23(31)12-14-33/h3-10,15-16,18,23,32H,2,11-14,31H2,1H3. The molecule has 0 atom stereocenters. The summed E-state index contributed by atoms with van der Waals surface area (Å²) in [5, 5.41) is 10.1. The highest BCUT2D eigenvalue weighted by Crippen LogP contribution is 2.37. The molecule has 0 aliphatic carbocycles. The SMILES string of the molecule is CCc1ccc(-c2cc3[nH]cc(C(=O)N4CCC(N)CC4)c3cc2-c2ccc(C#N)cc2)cc1. The molecular weight excluding hydrogens is 420 g/mol. The molecule has 34 heavy (non-hydrogen) atoms. The minimum Gasteiger partial charge on any atom is -0.360 e. The molecule has 1 amide bonds. The first-order valence-corrected chi connectivity index (χ1v) is 11.9. The summed E-state index contributed by atoms with van der Waals surface area (Å²) in [5.41, 5.74) is 13.8. The minimum atomic E-state index is 0.0453. The number of fused-ring (bicyclic) bond motifs is 1. The Kier molecular flexibility index (Phi) is 5.91. The van der Waals surface area contributed by atoms with E-state index in [1.54, 1.807) is 0 Å². The average molecular weight is 449 g/mol. The van der Waals surface area contributed by atoms with Crippen molar-refractivity contribution in [3.05, 3.63) is 83.6 Å². The summed E-state index contributed by atoms with van der Waals surface area (Å²) < 4.78 is 0. The van der Waals surface area contributed by atoms with Crippen LogP contribution in [0.5, 0.6) is 0 Å². The topological polar surface area (TPSA) is 85.9 Å². The molecule has 1 aliphatic rings. The smallest absolute Gasteiger partial charge is 0.256 e. The molecule has 5 nitrogen and oxygen atoms in total. The van der Waals surface area contributed by atoms with Gasteiger partial charge in [0.1, 0.15) is 0 Å². The van der Waals surface area contributed by atoms with E-state index in [2.05, 4.69) is 54.4 Å². The molecule has 0 saturated carbocycles. The minimum absolute atomic E-state index is 0.0453. The van der Waals surface area contributed by atoms with E-state index in [1.807, 2.05) is 35.4 Å². The third-order valence-electron chi connectivity index (χ3n) is 6.88. The molecule has 0 spiro atoms. The highest BCUT2D eigenvalue weighted by molar-refractivity contribution is 6.09. The Labute approximate surface area is 199 Å². The van der Waals surface area contributed by atoms with E-state index in [0.717, 1.165) is 52.4 Å². The number of aromatic nitrogens is 1. The first-order valence-electron chi connectivity index (χ1n) is 11.9. The molecule has 0 unspecified atom stereocenters. The number of aryl methyl sites for hydroxylation is 1. The number of nitriles is 1. The van der Waals surface area contributed by atoms with Crippen molar-refractivity contribution >= 4 is 16.8 Å². The third-order valence-corrected chi connectivity index (χ3v) is 6.88. The summed E-state index contributed by atoms with van der Waals surface area (Å²) in [6.07, 6.45) is 4.49. The number of rotatable bonds is 4. The lowest BCUT2D eigenvalue weighted by molar-refractivity contribution is 0.0717. The lowest BCUT2D eigenvalue weighted by Gasteiger charge is -2.30. The number of nitrogens with zero attached hydrogens (tertiary/aromatic N) is 2. The first kappa shape index (κ1) is 21.9. The molecule has 4 aromatic rings. The van der Waals surface area contributed by atoms with Gasteiger partial charge in [-0.05, 0) is 71.3 Å². The number of piperidine rings is 1. The van der Waals surface area contributed by atoms with Gasteiger partial charge in [-0.15, -0.1) is 0 Å². The molecule has 1 aliphatic heterocycles. The fourth-order valence-electron chi connectivity index (χ4n) is 4.74. The van der Waals surface area contributed by atoms with Crippen LogP contribution >= 0.6 is 0 Å². The van der Waals surface area contributed by atoms with Crippen LogP contribution in [0.2, 0.25) is 0 Å². The summed E-state index contributed by atoms with van der Waals surface area (Å²) in [7, 11) is 0. The predicted molar refractivity (Wildman–Crippen MR) is 136 cm³/mol. The van der Waals surface area contributed by atoms with Crippen molar-refractivity contribution in [3.63, 3.8) is 0 Å². The number of hydrogen-bond donors (Lipinski definition) is 2. The highest BCUT2D eigenvalue weighted by Gasteiger charge is 2.24. The maximum atomic E-state index is 13.4. The number of aromatic amines is 1. The molecule has 1 fully saturated rings.